The van der Waals surface area contributed by atoms with Gasteiger partial charge in [0.1, 0.15) is 0 Å². The van der Waals surface area contributed by atoms with Crippen LogP contribution >= 0.6 is 7.82 Å². The molecule has 0 atom stereocenters. The maximum absolute atomic E-state index is 11.2. The fraction of sp³-hybridized carbons (Fsp3) is 1.00. The van der Waals surface area contributed by atoms with E-state index in [4.69, 9.17) is 9.05 Å². The van der Waals surface area contributed by atoms with Gasteiger partial charge in [-0.15, -0.1) is 0 Å². The zero-order valence-electron chi connectivity index (χ0n) is 10.1. The van der Waals surface area contributed by atoms with Gasteiger partial charge in [0.2, 0.25) is 0 Å². The topological polar surface area (TPSA) is 58.6 Å². The third-order valence-corrected chi connectivity index (χ3v) is 2.31. The maximum Gasteiger partial charge on any atom is 1.00 e. The first-order chi connectivity index (χ1) is 5.41. The van der Waals surface area contributed by atoms with Crippen LogP contribution in [0.2, 0.25) is 0 Å². The molecule has 14 heavy (non-hydrogen) atoms. The number of hydrogen-bond donors (Lipinski definition) is 0. The summed E-state index contributed by atoms with van der Waals surface area (Å²) in [5.41, 5.74) is -1.49. The van der Waals surface area contributed by atoms with E-state index in [0.29, 0.717) is 0 Å². The van der Waals surface area contributed by atoms with Crippen LogP contribution in [-0.4, -0.2) is 11.2 Å². The van der Waals surface area contributed by atoms with E-state index in [9.17, 15) is 9.46 Å². The van der Waals surface area contributed by atoms with Gasteiger partial charge < -0.3 is 13.9 Å². The molecule has 0 rings (SSSR count). The first-order valence-corrected chi connectivity index (χ1v) is 5.60. The van der Waals surface area contributed by atoms with Gasteiger partial charge in [-0.2, -0.15) is 0 Å². The van der Waals surface area contributed by atoms with Crippen molar-refractivity contribution in [3.05, 3.63) is 0 Å². The van der Waals surface area contributed by atoms with E-state index in [0.717, 1.165) is 0 Å². The molecular weight excluding hydrogens is 214 g/mol. The molecule has 0 saturated carbocycles. The molecule has 0 aromatic heterocycles. The largest absolute Gasteiger partial charge is 1.00 e. The van der Waals surface area contributed by atoms with E-state index >= 15 is 0 Å². The minimum atomic E-state index is -4.19. The third kappa shape index (κ3) is 11.2. The molecule has 0 aromatic carbocycles. The Morgan fingerprint density at radius 3 is 1.29 bits per heavy atom. The summed E-state index contributed by atoms with van der Waals surface area (Å²) in [4.78, 5) is 11.2. The Hall–Kier alpha value is 1.11. The van der Waals surface area contributed by atoms with Crippen molar-refractivity contribution in [2.45, 2.75) is 52.7 Å². The number of hydrogen-bond acceptors (Lipinski definition) is 4. The predicted molar refractivity (Wildman–Crippen MR) is 49.3 cm³/mol. The molecule has 6 heteroatoms. The fourth-order valence-corrected chi connectivity index (χ4v) is 2.07. The van der Waals surface area contributed by atoms with Crippen LogP contribution in [0.3, 0.4) is 0 Å². The van der Waals surface area contributed by atoms with Crippen molar-refractivity contribution < 1.29 is 48.1 Å². The van der Waals surface area contributed by atoms with Gasteiger partial charge >= 0.3 is 29.6 Å². The van der Waals surface area contributed by atoms with Gasteiger partial charge in [0, 0.05) is 0 Å². The minimum Gasteiger partial charge on any atom is -0.756 e. The summed E-state index contributed by atoms with van der Waals surface area (Å²) in [5.74, 6) is 0. The normalized spacial score (nSPS) is 13.6. The van der Waals surface area contributed by atoms with E-state index in [1.54, 1.807) is 41.5 Å². The molecule has 80 valence electrons. The van der Waals surface area contributed by atoms with E-state index in [1.165, 1.54) is 0 Å². The molecule has 0 aliphatic rings. The van der Waals surface area contributed by atoms with Crippen LogP contribution in [0.1, 0.15) is 41.5 Å². The van der Waals surface area contributed by atoms with E-state index in [1.807, 2.05) is 0 Å². The van der Waals surface area contributed by atoms with Crippen molar-refractivity contribution in [2.75, 3.05) is 0 Å². The Morgan fingerprint density at radius 2 is 1.14 bits per heavy atom. The number of phosphoric acid groups is 1. The van der Waals surface area contributed by atoms with Crippen LogP contribution in [0, 0.1) is 0 Å². The van der Waals surface area contributed by atoms with Crippen LogP contribution in [0.5, 0.6) is 0 Å². The van der Waals surface area contributed by atoms with Crippen molar-refractivity contribution in [1.82, 2.24) is 0 Å². The van der Waals surface area contributed by atoms with Gasteiger partial charge in [0.15, 0.2) is 0 Å². The molecule has 0 radical (unpaired) electrons. The molecule has 0 heterocycles. The quantitative estimate of drug-likeness (QED) is 0.457. The zero-order valence-corrected chi connectivity index (χ0v) is 13.0. The number of phosphoric ester groups is 1. The third-order valence-electron chi connectivity index (χ3n) is 0.771. The number of rotatable bonds is 2. The first-order valence-electron chi connectivity index (χ1n) is 4.14. The van der Waals surface area contributed by atoms with Crippen molar-refractivity contribution in [3.8, 4) is 0 Å². The summed E-state index contributed by atoms with van der Waals surface area (Å²) >= 11 is 0. The predicted octanol–water partition coefficient (Wildman–Crippen LogP) is -0.911. The van der Waals surface area contributed by atoms with Gasteiger partial charge in [-0.1, -0.05) is 0 Å². The van der Waals surface area contributed by atoms with Crippen LogP contribution in [0.25, 0.3) is 0 Å². The Bertz CT molecular complexity index is 196. The van der Waals surface area contributed by atoms with Crippen LogP contribution in [0.4, 0.5) is 0 Å². The van der Waals surface area contributed by atoms with Gasteiger partial charge in [-0.25, -0.2) is 0 Å². The molecule has 0 N–H and O–H groups in total. The van der Waals surface area contributed by atoms with Crippen molar-refractivity contribution in [1.29, 1.82) is 0 Å². The summed E-state index contributed by atoms with van der Waals surface area (Å²) < 4.78 is 20.8. The summed E-state index contributed by atoms with van der Waals surface area (Å²) in [7, 11) is -4.19. The summed E-state index contributed by atoms with van der Waals surface area (Å²) in [6, 6.07) is 0. The molecule has 0 bridgehead atoms. The molecule has 0 fully saturated rings. The summed E-state index contributed by atoms with van der Waals surface area (Å²) in [6.45, 7) is 9.94. The molecule has 0 saturated heterocycles. The van der Waals surface area contributed by atoms with Crippen LogP contribution in [-0.2, 0) is 13.6 Å². The first kappa shape index (κ1) is 17.5. The van der Waals surface area contributed by atoms with Crippen molar-refractivity contribution in [3.63, 3.8) is 0 Å². The monoisotopic (exact) mass is 232 g/mol. The van der Waals surface area contributed by atoms with Crippen LogP contribution in [0.15, 0.2) is 0 Å². The average molecular weight is 232 g/mol. The molecule has 0 aliphatic carbocycles. The smallest absolute Gasteiger partial charge is 0.756 e. The second-order valence-corrected chi connectivity index (χ2v) is 6.11. The molecule has 0 aromatic rings. The second kappa shape index (κ2) is 5.44. The molecule has 4 nitrogen and oxygen atoms in total. The van der Waals surface area contributed by atoms with E-state index < -0.39 is 19.0 Å². The second-order valence-electron chi connectivity index (χ2n) is 4.85. The fourth-order valence-electron chi connectivity index (χ4n) is 0.689. The molecule has 0 spiro atoms. The van der Waals surface area contributed by atoms with Gasteiger partial charge in [0.05, 0.1) is 11.2 Å². The SMILES string of the molecule is CC(C)(C)OP(=O)([O-])OC(C)(C)C.[Na+]. The standard InChI is InChI=1S/C8H19O4P.Na/c1-7(2,3)11-13(9,10)12-8(4,5)6;/h1-6H3,(H,9,10);/q;+1/p-1. The molecule has 0 unspecified atom stereocenters. The minimum absolute atomic E-state index is 0. The average Bonchev–Trinajstić information content (AvgIpc) is 1.43. The summed E-state index contributed by atoms with van der Waals surface area (Å²) in [6.07, 6.45) is 0. The van der Waals surface area contributed by atoms with Crippen molar-refractivity contribution in [2.24, 2.45) is 0 Å². The molecule has 0 aliphatic heterocycles. The van der Waals surface area contributed by atoms with Gasteiger partial charge in [-0.3, -0.25) is 4.57 Å². The molecule has 0 amide bonds. The van der Waals surface area contributed by atoms with E-state index in [-0.39, 0.29) is 29.6 Å². The van der Waals surface area contributed by atoms with Gasteiger partial charge in [0.25, 0.3) is 7.82 Å². The molecular formula is C8H18NaO4P. The Kier molecular flexibility index (Phi) is 6.80. The zero-order chi connectivity index (χ0) is 10.9. The van der Waals surface area contributed by atoms with Crippen LogP contribution < -0.4 is 34.5 Å². The van der Waals surface area contributed by atoms with E-state index in [2.05, 4.69) is 0 Å². The Labute approximate surface area is 108 Å². The Morgan fingerprint density at radius 1 is 0.929 bits per heavy atom. The maximum atomic E-state index is 11.2. The van der Waals surface area contributed by atoms with Crippen molar-refractivity contribution >= 4 is 7.82 Å². The Balaban J connectivity index is 0. The van der Waals surface area contributed by atoms with Gasteiger partial charge in [-0.05, 0) is 41.5 Å². The summed E-state index contributed by atoms with van der Waals surface area (Å²) in [5, 5.41) is 0.